The first kappa shape index (κ1) is 12.6. The summed E-state index contributed by atoms with van der Waals surface area (Å²) in [6.07, 6.45) is 3.94. The van der Waals surface area contributed by atoms with Gasteiger partial charge in [0.25, 0.3) is 0 Å². The van der Waals surface area contributed by atoms with Gasteiger partial charge < -0.3 is 4.52 Å². The van der Waals surface area contributed by atoms with E-state index in [1.165, 1.54) is 25.8 Å². The van der Waals surface area contributed by atoms with Crippen LogP contribution < -0.4 is 0 Å². The largest absolute Gasteiger partial charge is 0.338 e. The summed E-state index contributed by atoms with van der Waals surface area (Å²) in [6, 6.07) is 0. The number of aromatic nitrogens is 2. The lowest BCUT2D eigenvalue weighted by Crippen LogP contribution is -2.34. The minimum absolute atomic E-state index is 0.345. The normalized spacial score (nSPS) is 22.2. The van der Waals surface area contributed by atoms with Crippen LogP contribution in [0.2, 0.25) is 0 Å². The molecule has 1 aromatic rings. The van der Waals surface area contributed by atoms with Crippen LogP contribution in [-0.2, 0) is 6.54 Å². The first-order valence-corrected chi connectivity index (χ1v) is 6.73. The van der Waals surface area contributed by atoms with E-state index in [-0.39, 0.29) is 0 Å². The van der Waals surface area contributed by atoms with Crippen molar-refractivity contribution in [2.75, 3.05) is 13.1 Å². The van der Waals surface area contributed by atoms with Crippen molar-refractivity contribution in [1.82, 2.24) is 15.0 Å². The Balaban J connectivity index is 1.91. The number of hydrogen-bond acceptors (Lipinski definition) is 4. The van der Waals surface area contributed by atoms with Gasteiger partial charge in [-0.3, -0.25) is 4.90 Å². The SMILES string of the molecule is CC[C@H]1CCCN(Cc2nc(C(C)C)no2)C1. The first-order chi connectivity index (χ1) is 8.19. The highest BCUT2D eigenvalue weighted by atomic mass is 16.5. The Bertz CT molecular complexity index is 348. The molecule has 1 aliphatic rings. The number of nitrogens with zero attached hydrogens (tertiary/aromatic N) is 3. The zero-order valence-electron chi connectivity index (χ0n) is 11.1. The molecule has 1 fully saturated rings. The quantitative estimate of drug-likeness (QED) is 0.807. The molecule has 0 aromatic carbocycles. The summed E-state index contributed by atoms with van der Waals surface area (Å²) >= 11 is 0. The number of hydrogen-bond donors (Lipinski definition) is 0. The van der Waals surface area contributed by atoms with Crippen molar-refractivity contribution in [3.05, 3.63) is 11.7 Å². The fraction of sp³-hybridized carbons (Fsp3) is 0.846. The average Bonchev–Trinajstić information content (AvgIpc) is 2.78. The summed E-state index contributed by atoms with van der Waals surface area (Å²) in [5.74, 6) is 2.78. The van der Waals surface area contributed by atoms with Gasteiger partial charge in [0.1, 0.15) is 0 Å². The standard InChI is InChI=1S/C13H23N3O/c1-4-11-6-5-7-16(8-11)9-12-14-13(10(2)3)15-17-12/h10-11H,4-9H2,1-3H3/t11-/m0/s1. The van der Waals surface area contributed by atoms with E-state index in [2.05, 4.69) is 35.8 Å². The minimum Gasteiger partial charge on any atom is -0.338 e. The smallest absolute Gasteiger partial charge is 0.240 e. The highest BCUT2D eigenvalue weighted by Crippen LogP contribution is 2.20. The monoisotopic (exact) mass is 237 g/mol. The molecule has 4 heteroatoms. The predicted octanol–water partition coefficient (Wildman–Crippen LogP) is 2.82. The van der Waals surface area contributed by atoms with Gasteiger partial charge in [-0.2, -0.15) is 4.98 Å². The number of likely N-dealkylation sites (tertiary alicyclic amines) is 1. The second kappa shape index (κ2) is 5.63. The van der Waals surface area contributed by atoms with Crippen LogP contribution >= 0.6 is 0 Å². The summed E-state index contributed by atoms with van der Waals surface area (Å²) in [4.78, 5) is 6.88. The molecule has 96 valence electrons. The van der Waals surface area contributed by atoms with E-state index in [1.807, 2.05) is 0 Å². The zero-order chi connectivity index (χ0) is 12.3. The van der Waals surface area contributed by atoms with Crippen molar-refractivity contribution < 1.29 is 4.52 Å². The molecule has 0 unspecified atom stereocenters. The molecule has 0 bridgehead atoms. The average molecular weight is 237 g/mol. The third-order valence-electron chi connectivity index (χ3n) is 3.54. The lowest BCUT2D eigenvalue weighted by atomic mass is 9.96. The van der Waals surface area contributed by atoms with E-state index in [4.69, 9.17) is 4.52 Å². The van der Waals surface area contributed by atoms with Crippen LogP contribution in [0.5, 0.6) is 0 Å². The van der Waals surface area contributed by atoms with Gasteiger partial charge in [0.15, 0.2) is 5.82 Å². The van der Waals surface area contributed by atoms with Crippen molar-refractivity contribution in [3.8, 4) is 0 Å². The molecule has 0 aliphatic carbocycles. The van der Waals surface area contributed by atoms with Gasteiger partial charge in [0.05, 0.1) is 6.54 Å². The van der Waals surface area contributed by atoms with Crippen LogP contribution in [0.15, 0.2) is 4.52 Å². The molecule has 17 heavy (non-hydrogen) atoms. The van der Waals surface area contributed by atoms with Crippen molar-refractivity contribution in [1.29, 1.82) is 0 Å². The Kier molecular flexibility index (Phi) is 4.15. The fourth-order valence-corrected chi connectivity index (χ4v) is 2.39. The van der Waals surface area contributed by atoms with Crippen LogP contribution in [0.3, 0.4) is 0 Å². The third kappa shape index (κ3) is 3.28. The Hall–Kier alpha value is -0.900. The molecule has 2 rings (SSSR count). The van der Waals surface area contributed by atoms with Crippen molar-refractivity contribution in [3.63, 3.8) is 0 Å². The fourth-order valence-electron chi connectivity index (χ4n) is 2.39. The van der Waals surface area contributed by atoms with E-state index in [1.54, 1.807) is 0 Å². The van der Waals surface area contributed by atoms with Gasteiger partial charge >= 0.3 is 0 Å². The van der Waals surface area contributed by atoms with Gasteiger partial charge in [-0.05, 0) is 25.3 Å². The molecule has 1 aromatic heterocycles. The Labute approximate surface area is 103 Å². The molecule has 0 spiro atoms. The second-order valence-corrected chi connectivity index (χ2v) is 5.35. The number of piperidine rings is 1. The van der Waals surface area contributed by atoms with Crippen LogP contribution in [0.4, 0.5) is 0 Å². The topological polar surface area (TPSA) is 42.2 Å². The van der Waals surface area contributed by atoms with Gasteiger partial charge in [0.2, 0.25) is 5.89 Å². The first-order valence-electron chi connectivity index (χ1n) is 6.73. The Morgan fingerprint density at radius 1 is 1.47 bits per heavy atom. The Morgan fingerprint density at radius 3 is 2.94 bits per heavy atom. The van der Waals surface area contributed by atoms with Gasteiger partial charge in [-0.25, -0.2) is 0 Å². The van der Waals surface area contributed by atoms with Crippen LogP contribution in [-0.4, -0.2) is 28.1 Å². The molecule has 0 amide bonds. The van der Waals surface area contributed by atoms with E-state index < -0.39 is 0 Å². The summed E-state index contributed by atoms with van der Waals surface area (Å²) < 4.78 is 5.29. The summed E-state index contributed by atoms with van der Waals surface area (Å²) in [7, 11) is 0. The summed E-state index contributed by atoms with van der Waals surface area (Å²) in [5, 5.41) is 4.01. The highest BCUT2D eigenvalue weighted by molar-refractivity contribution is 4.92. The van der Waals surface area contributed by atoms with Crippen LogP contribution in [0.25, 0.3) is 0 Å². The molecular weight excluding hydrogens is 214 g/mol. The maximum absolute atomic E-state index is 5.29. The maximum Gasteiger partial charge on any atom is 0.240 e. The molecule has 0 N–H and O–H groups in total. The van der Waals surface area contributed by atoms with Gasteiger partial charge in [0, 0.05) is 12.5 Å². The molecule has 2 heterocycles. The lowest BCUT2D eigenvalue weighted by molar-refractivity contribution is 0.148. The molecule has 1 atom stereocenters. The summed E-state index contributed by atoms with van der Waals surface area (Å²) in [5.41, 5.74) is 0. The van der Waals surface area contributed by atoms with E-state index in [0.29, 0.717) is 5.92 Å². The van der Waals surface area contributed by atoms with E-state index in [0.717, 1.165) is 30.7 Å². The minimum atomic E-state index is 0.345. The predicted molar refractivity (Wildman–Crippen MR) is 66.7 cm³/mol. The maximum atomic E-state index is 5.29. The molecule has 4 nitrogen and oxygen atoms in total. The Morgan fingerprint density at radius 2 is 2.29 bits per heavy atom. The van der Waals surface area contributed by atoms with Crippen molar-refractivity contribution >= 4 is 0 Å². The van der Waals surface area contributed by atoms with Crippen LogP contribution in [0.1, 0.15) is 57.7 Å². The molecule has 1 saturated heterocycles. The molecular formula is C13H23N3O. The zero-order valence-corrected chi connectivity index (χ0v) is 11.1. The van der Waals surface area contributed by atoms with Gasteiger partial charge in [-0.15, -0.1) is 0 Å². The van der Waals surface area contributed by atoms with Crippen molar-refractivity contribution in [2.24, 2.45) is 5.92 Å². The summed E-state index contributed by atoms with van der Waals surface area (Å²) in [6.45, 7) is 9.60. The van der Waals surface area contributed by atoms with Crippen molar-refractivity contribution in [2.45, 2.75) is 52.5 Å². The highest BCUT2D eigenvalue weighted by Gasteiger charge is 2.20. The third-order valence-corrected chi connectivity index (χ3v) is 3.54. The van der Waals surface area contributed by atoms with E-state index >= 15 is 0 Å². The van der Waals surface area contributed by atoms with E-state index in [9.17, 15) is 0 Å². The molecule has 1 aliphatic heterocycles. The van der Waals surface area contributed by atoms with Crippen LogP contribution in [0, 0.1) is 5.92 Å². The molecule has 0 saturated carbocycles. The number of rotatable bonds is 4. The van der Waals surface area contributed by atoms with Gasteiger partial charge in [-0.1, -0.05) is 32.3 Å². The second-order valence-electron chi connectivity index (χ2n) is 5.35. The lowest BCUT2D eigenvalue weighted by Gasteiger charge is -2.30. The molecule has 0 radical (unpaired) electrons.